The summed E-state index contributed by atoms with van der Waals surface area (Å²) in [5.41, 5.74) is -0.0160. The Hall–Kier alpha value is -1.95. The zero-order chi connectivity index (χ0) is 11.5. The van der Waals surface area contributed by atoms with E-state index in [4.69, 9.17) is 24.4 Å². The summed E-state index contributed by atoms with van der Waals surface area (Å²) in [5.74, 6) is -0.135. The number of aromatic carboxylic acids is 1. The van der Waals surface area contributed by atoms with E-state index in [0.717, 1.165) is 0 Å². The molecule has 1 aliphatic rings. The van der Waals surface area contributed by atoms with Gasteiger partial charge in [-0.15, -0.1) is 0 Å². The zero-order valence-corrected chi connectivity index (χ0v) is 8.30. The topological polar surface area (TPSA) is 85.2 Å². The fraction of sp³-hybridized carbons (Fsp3) is 0.300. The van der Waals surface area contributed by atoms with E-state index in [9.17, 15) is 4.79 Å². The SMILES string of the molecule is O=C(O)c1cc2c(cc1OCCO)OCO2. The van der Waals surface area contributed by atoms with Crippen LogP contribution in [0.2, 0.25) is 0 Å². The zero-order valence-electron chi connectivity index (χ0n) is 8.30. The van der Waals surface area contributed by atoms with Gasteiger partial charge in [0.1, 0.15) is 17.9 Å². The Labute approximate surface area is 91.0 Å². The first-order chi connectivity index (χ1) is 7.72. The molecule has 86 valence electrons. The number of benzene rings is 1. The third-order valence-electron chi connectivity index (χ3n) is 2.05. The summed E-state index contributed by atoms with van der Waals surface area (Å²) < 4.78 is 15.3. The summed E-state index contributed by atoms with van der Waals surface area (Å²) in [6, 6.07) is 2.79. The van der Waals surface area contributed by atoms with Crippen LogP contribution in [-0.4, -0.2) is 36.2 Å². The molecule has 0 unspecified atom stereocenters. The predicted octanol–water partition coefficient (Wildman–Crippen LogP) is 0.485. The second-order valence-corrected chi connectivity index (χ2v) is 3.08. The van der Waals surface area contributed by atoms with Crippen LogP contribution >= 0.6 is 0 Å². The smallest absolute Gasteiger partial charge is 0.339 e. The number of hydrogen-bond donors (Lipinski definition) is 2. The molecule has 0 saturated carbocycles. The van der Waals surface area contributed by atoms with Gasteiger partial charge in [0, 0.05) is 12.1 Å². The standard InChI is InChI=1S/C10H10O6/c11-1-2-14-7-4-9-8(15-5-16-9)3-6(7)10(12)13/h3-4,11H,1-2,5H2,(H,12,13). The number of rotatable bonds is 4. The molecule has 0 fully saturated rings. The van der Waals surface area contributed by atoms with Crippen LogP contribution in [0.5, 0.6) is 17.2 Å². The van der Waals surface area contributed by atoms with Gasteiger partial charge in [0.05, 0.1) is 6.61 Å². The highest BCUT2D eigenvalue weighted by Crippen LogP contribution is 2.38. The van der Waals surface area contributed by atoms with E-state index in [2.05, 4.69) is 0 Å². The molecule has 16 heavy (non-hydrogen) atoms. The number of carboxylic acids is 1. The molecule has 0 spiro atoms. The van der Waals surface area contributed by atoms with Crippen molar-refractivity contribution in [2.24, 2.45) is 0 Å². The molecule has 0 atom stereocenters. The van der Waals surface area contributed by atoms with E-state index in [-0.39, 0.29) is 31.3 Å². The fourth-order valence-electron chi connectivity index (χ4n) is 1.37. The van der Waals surface area contributed by atoms with Crippen LogP contribution in [-0.2, 0) is 0 Å². The molecule has 1 heterocycles. The first-order valence-electron chi connectivity index (χ1n) is 4.63. The highest BCUT2D eigenvalue weighted by Gasteiger charge is 2.21. The molecule has 2 rings (SSSR count). The van der Waals surface area contributed by atoms with Crippen LogP contribution in [0.3, 0.4) is 0 Å². The minimum absolute atomic E-state index is 0.0160. The summed E-state index contributed by atoms with van der Waals surface area (Å²) in [4.78, 5) is 10.9. The van der Waals surface area contributed by atoms with Gasteiger partial charge in [0.15, 0.2) is 11.5 Å². The third-order valence-corrected chi connectivity index (χ3v) is 2.05. The summed E-state index contributed by atoms with van der Waals surface area (Å²) in [6.45, 7) is -0.0920. The van der Waals surface area contributed by atoms with E-state index in [1.54, 1.807) is 0 Å². The first-order valence-corrected chi connectivity index (χ1v) is 4.63. The molecule has 1 aromatic carbocycles. The highest BCUT2D eigenvalue weighted by molar-refractivity contribution is 5.92. The maximum Gasteiger partial charge on any atom is 0.339 e. The summed E-state index contributed by atoms with van der Waals surface area (Å²) >= 11 is 0. The van der Waals surface area contributed by atoms with Gasteiger partial charge >= 0.3 is 5.97 Å². The molecule has 0 amide bonds. The largest absolute Gasteiger partial charge is 0.490 e. The van der Waals surface area contributed by atoms with Crippen molar-refractivity contribution in [2.45, 2.75) is 0 Å². The van der Waals surface area contributed by atoms with Crippen LogP contribution in [0.25, 0.3) is 0 Å². The number of aliphatic hydroxyl groups excluding tert-OH is 1. The molecule has 0 bridgehead atoms. The van der Waals surface area contributed by atoms with E-state index in [0.29, 0.717) is 11.5 Å². The summed E-state index contributed by atoms with van der Waals surface area (Å²) in [6.07, 6.45) is 0. The Morgan fingerprint density at radius 2 is 2.06 bits per heavy atom. The van der Waals surface area contributed by atoms with E-state index < -0.39 is 5.97 Å². The Balaban J connectivity index is 2.36. The molecule has 2 N–H and O–H groups in total. The minimum atomic E-state index is -1.12. The summed E-state index contributed by atoms with van der Waals surface area (Å²) in [7, 11) is 0. The van der Waals surface area contributed by atoms with Crippen molar-refractivity contribution < 1.29 is 29.2 Å². The van der Waals surface area contributed by atoms with Crippen LogP contribution in [0.15, 0.2) is 12.1 Å². The van der Waals surface area contributed by atoms with Crippen LogP contribution in [0.4, 0.5) is 0 Å². The molecular weight excluding hydrogens is 216 g/mol. The molecular formula is C10H10O6. The lowest BCUT2D eigenvalue weighted by atomic mass is 10.2. The maximum absolute atomic E-state index is 10.9. The molecule has 0 aliphatic carbocycles. The molecule has 1 aromatic rings. The normalized spacial score (nSPS) is 12.6. The first kappa shape index (κ1) is 10.6. The van der Waals surface area contributed by atoms with Crippen molar-refractivity contribution in [1.29, 1.82) is 0 Å². The van der Waals surface area contributed by atoms with Crippen molar-refractivity contribution in [3.8, 4) is 17.2 Å². The van der Waals surface area contributed by atoms with Gasteiger partial charge in [-0.05, 0) is 0 Å². The fourth-order valence-corrected chi connectivity index (χ4v) is 1.37. The Bertz CT molecular complexity index is 414. The van der Waals surface area contributed by atoms with E-state index in [1.165, 1.54) is 12.1 Å². The van der Waals surface area contributed by atoms with Crippen LogP contribution in [0.1, 0.15) is 10.4 Å². The number of fused-ring (bicyclic) bond motifs is 1. The number of hydrogen-bond acceptors (Lipinski definition) is 5. The van der Waals surface area contributed by atoms with Crippen molar-refractivity contribution in [3.63, 3.8) is 0 Å². The lowest BCUT2D eigenvalue weighted by Gasteiger charge is -2.08. The van der Waals surface area contributed by atoms with Crippen molar-refractivity contribution in [3.05, 3.63) is 17.7 Å². The quantitative estimate of drug-likeness (QED) is 0.776. The number of aliphatic hydroxyl groups is 1. The molecule has 0 radical (unpaired) electrons. The molecule has 1 aliphatic heterocycles. The monoisotopic (exact) mass is 226 g/mol. The average molecular weight is 226 g/mol. The van der Waals surface area contributed by atoms with E-state index >= 15 is 0 Å². The third kappa shape index (κ3) is 1.87. The predicted molar refractivity (Wildman–Crippen MR) is 52.1 cm³/mol. The second-order valence-electron chi connectivity index (χ2n) is 3.08. The van der Waals surface area contributed by atoms with Gasteiger partial charge < -0.3 is 24.4 Å². The van der Waals surface area contributed by atoms with Crippen LogP contribution in [0, 0.1) is 0 Å². The van der Waals surface area contributed by atoms with Gasteiger partial charge in [0.25, 0.3) is 0 Å². The lowest BCUT2D eigenvalue weighted by Crippen LogP contribution is -2.06. The van der Waals surface area contributed by atoms with Crippen molar-refractivity contribution >= 4 is 5.97 Å². The molecule has 0 aromatic heterocycles. The Morgan fingerprint density at radius 1 is 1.38 bits per heavy atom. The maximum atomic E-state index is 10.9. The second kappa shape index (κ2) is 4.28. The molecule has 6 heteroatoms. The summed E-state index contributed by atoms with van der Waals surface area (Å²) in [5, 5.41) is 17.6. The van der Waals surface area contributed by atoms with E-state index in [1.807, 2.05) is 0 Å². The van der Waals surface area contributed by atoms with Crippen LogP contribution < -0.4 is 14.2 Å². The number of ether oxygens (including phenoxy) is 3. The van der Waals surface area contributed by atoms with Gasteiger partial charge in [-0.2, -0.15) is 0 Å². The Kier molecular flexibility index (Phi) is 2.82. The minimum Gasteiger partial charge on any atom is -0.490 e. The Morgan fingerprint density at radius 3 is 2.69 bits per heavy atom. The van der Waals surface area contributed by atoms with Crippen molar-refractivity contribution in [2.75, 3.05) is 20.0 Å². The molecule has 0 saturated heterocycles. The number of carboxylic acid groups (broad SMARTS) is 1. The van der Waals surface area contributed by atoms with Crippen molar-refractivity contribution in [1.82, 2.24) is 0 Å². The average Bonchev–Trinajstić information content (AvgIpc) is 2.71. The van der Waals surface area contributed by atoms with Gasteiger partial charge in [-0.1, -0.05) is 0 Å². The number of carbonyl (C=O) groups is 1. The highest BCUT2D eigenvalue weighted by atomic mass is 16.7. The lowest BCUT2D eigenvalue weighted by molar-refractivity contribution is 0.0690. The van der Waals surface area contributed by atoms with Gasteiger partial charge in [0.2, 0.25) is 6.79 Å². The van der Waals surface area contributed by atoms with Gasteiger partial charge in [-0.25, -0.2) is 4.79 Å². The molecule has 6 nitrogen and oxygen atoms in total. The van der Waals surface area contributed by atoms with Gasteiger partial charge in [-0.3, -0.25) is 0 Å².